The van der Waals surface area contributed by atoms with E-state index in [1.165, 1.54) is 0 Å². The Labute approximate surface area is 87.0 Å². The molecule has 0 bridgehead atoms. The van der Waals surface area contributed by atoms with Crippen LogP contribution >= 0.6 is 0 Å². The normalized spacial score (nSPS) is 13.8. The quantitative estimate of drug-likeness (QED) is 0.209. The topological polar surface area (TPSA) is 58.0 Å². The molecule has 0 saturated carbocycles. The maximum atomic E-state index is 8.16. The molecule has 0 aliphatic heterocycles. The number of terminal acetylenes is 1. The van der Waals surface area contributed by atoms with Gasteiger partial charge in [0.25, 0.3) is 0 Å². The summed E-state index contributed by atoms with van der Waals surface area (Å²) in [7, 11) is -1.29. The van der Waals surface area contributed by atoms with Crippen molar-refractivity contribution in [2.45, 2.75) is 26.3 Å². The molecule has 0 fully saturated rings. The van der Waals surface area contributed by atoms with Gasteiger partial charge in [0.1, 0.15) is 0 Å². The Morgan fingerprint density at radius 2 is 2.43 bits per heavy atom. The fourth-order valence-electron chi connectivity index (χ4n) is 0.922. The first-order valence-electron chi connectivity index (χ1n) is 4.83. The molecule has 14 heavy (non-hydrogen) atoms. The third-order valence-electron chi connectivity index (χ3n) is 1.99. The van der Waals surface area contributed by atoms with Crippen molar-refractivity contribution in [1.29, 1.82) is 0 Å². The first-order valence-corrected chi connectivity index (χ1v) is 6.93. The highest BCUT2D eigenvalue weighted by Gasteiger charge is 2.08. The fraction of sp³-hybridized carbons (Fsp3) is 0.778. The molecule has 78 valence electrons. The Balaban J connectivity index is 3.63. The summed E-state index contributed by atoms with van der Waals surface area (Å²) in [6, 6.07) is 0.990. The largest absolute Gasteiger partial charge is 0.420 e. The van der Waals surface area contributed by atoms with Crippen molar-refractivity contribution in [2.24, 2.45) is 11.0 Å². The van der Waals surface area contributed by atoms with Gasteiger partial charge in [-0.3, -0.25) is 0 Å². The predicted octanol–water partition coefficient (Wildman–Crippen LogP) is 2.26. The van der Waals surface area contributed by atoms with Gasteiger partial charge in [0.05, 0.1) is 0 Å². The van der Waals surface area contributed by atoms with Crippen molar-refractivity contribution in [1.82, 2.24) is 0 Å². The van der Waals surface area contributed by atoms with E-state index in [1.807, 2.05) is 6.92 Å². The third kappa shape index (κ3) is 6.55. The van der Waals surface area contributed by atoms with Crippen LogP contribution < -0.4 is 0 Å². The van der Waals surface area contributed by atoms with E-state index in [1.54, 1.807) is 0 Å². The molecule has 0 aliphatic carbocycles. The SMILES string of the molecule is C#CC(C)CCO[SiH](CC)CN=[N+]=[N-]. The highest BCUT2D eigenvalue weighted by atomic mass is 28.3. The molecule has 0 rings (SSSR count). The standard InChI is InChI=1S/C9H17N3OSi/c1-4-9(3)6-7-13-14(5-2)8-11-12-10/h1,9,14H,5-8H2,2-3H3. The Morgan fingerprint density at radius 3 is 2.93 bits per heavy atom. The zero-order valence-electron chi connectivity index (χ0n) is 8.81. The van der Waals surface area contributed by atoms with Crippen molar-refractivity contribution in [3.8, 4) is 12.3 Å². The molecular formula is C9H17N3OSi. The first kappa shape index (κ1) is 13.0. The van der Waals surface area contributed by atoms with Crippen molar-refractivity contribution in [2.75, 3.05) is 12.8 Å². The maximum absolute atomic E-state index is 8.16. The molecule has 0 aliphatic rings. The van der Waals surface area contributed by atoms with E-state index in [0.29, 0.717) is 12.8 Å². The summed E-state index contributed by atoms with van der Waals surface area (Å²) in [5, 5.41) is 3.54. The summed E-state index contributed by atoms with van der Waals surface area (Å²) in [6.45, 7) is 4.75. The predicted molar refractivity (Wildman–Crippen MR) is 60.2 cm³/mol. The summed E-state index contributed by atoms with van der Waals surface area (Å²) in [5.74, 6) is 2.92. The monoisotopic (exact) mass is 211 g/mol. The minimum absolute atomic E-state index is 0.265. The average molecular weight is 211 g/mol. The second-order valence-corrected chi connectivity index (χ2v) is 5.93. The zero-order valence-corrected chi connectivity index (χ0v) is 9.97. The van der Waals surface area contributed by atoms with Gasteiger partial charge >= 0.3 is 0 Å². The zero-order chi connectivity index (χ0) is 10.8. The van der Waals surface area contributed by atoms with E-state index >= 15 is 0 Å². The Hall–Kier alpha value is -0.953. The smallest absolute Gasteiger partial charge is 0.182 e. The van der Waals surface area contributed by atoms with E-state index in [0.717, 1.165) is 12.5 Å². The van der Waals surface area contributed by atoms with Crippen molar-refractivity contribution >= 4 is 9.04 Å². The molecule has 2 unspecified atom stereocenters. The van der Waals surface area contributed by atoms with E-state index in [2.05, 4.69) is 22.9 Å². The van der Waals surface area contributed by atoms with Gasteiger partial charge in [-0.15, -0.1) is 12.3 Å². The van der Waals surface area contributed by atoms with Crippen LogP contribution in [-0.4, -0.2) is 21.8 Å². The third-order valence-corrected chi connectivity index (χ3v) is 4.18. The summed E-state index contributed by atoms with van der Waals surface area (Å²) in [4.78, 5) is 2.73. The molecule has 0 aromatic rings. The number of hydrogen-bond donors (Lipinski definition) is 0. The van der Waals surface area contributed by atoms with Gasteiger partial charge in [0.15, 0.2) is 9.04 Å². The lowest BCUT2D eigenvalue weighted by Gasteiger charge is -2.12. The minimum atomic E-state index is -1.29. The molecule has 0 saturated heterocycles. The van der Waals surface area contributed by atoms with E-state index in [9.17, 15) is 0 Å². The number of azide groups is 1. The van der Waals surface area contributed by atoms with Crippen molar-refractivity contribution in [3.63, 3.8) is 0 Å². The molecule has 5 heteroatoms. The van der Waals surface area contributed by atoms with Crippen LogP contribution in [0.5, 0.6) is 0 Å². The van der Waals surface area contributed by atoms with Gasteiger partial charge in [-0.25, -0.2) is 0 Å². The second-order valence-electron chi connectivity index (χ2n) is 3.17. The van der Waals surface area contributed by atoms with Crippen LogP contribution in [0.15, 0.2) is 5.11 Å². The summed E-state index contributed by atoms with van der Waals surface area (Å²) >= 11 is 0. The van der Waals surface area contributed by atoms with Gasteiger partial charge in [0, 0.05) is 23.6 Å². The lowest BCUT2D eigenvalue weighted by atomic mass is 10.1. The van der Waals surface area contributed by atoms with Crippen molar-refractivity contribution < 1.29 is 4.43 Å². The molecule has 0 amide bonds. The Morgan fingerprint density at radius 1 is 1.71 bits per heavy atom. The van der Waals surface area contributed by atoms with Crippen LogP contribution in [0, 0.1) is 18.3 Å². The van der Waals surface area contributed by atoms with Crippen LogP contribution in [0.1, 0.15) is 20.3 Å². The van der Waals surface area contributed by atoms with Crippen LogP contribution in [0.25, 0.3) is 10.4 Å². The number of rotatable bonds is 7. The highest BCUT2D eigenvalue weighted by Crippen LogP contribution is 2.02. The average Bonchev–Trinajstić information content (AvgIpc) is 2.22. The van der Waals surface area contributed by atoms with Gasteiger partial charge in [-0.2, -0.15) is 0 Å². The van der Waals surface area contributed by atoms with Crippen LogP contribution in [0.2, 0.25) is 6.04 Å². The van der Waals surface area contributed by atoms with Gasteiger partial charge in [-0.1, -0.05) is 19.0 Å². The second kappa shape index (κ2) is 8.64. The maximum Gasteiger partial charge on any atom is 0.182 e. The van der Waals surface area contributed by atoms with Crippen molar-refractivity contribution in [3.05, 3.63) is 10.4 Å². The fourth-order valence-corrected chi connectivity index (χ4v) is 2.25. The van der Waals surface area contributed by atoms with E-state index in [-0.39, 0.29) is 5.92 Å². The van der Waals surface area contributed by atoms with Crippen LogP contribution in [0.4, 0.5) is 0 Å². The summed E-state index contributed by atoms with van der Waals surface area (Å²) in [5.41, 5.74) is 8.16. The van der Waals surface area contributed by atoms with Crippen LogP contribution in [0.3, 0.4) is 0 Å². The van der Waals surface area contributed by atoms with Gasteiger partial charge < -0.3 is 4.43 Å². The van der Waals surface area contributed by atoms with E-state index < -0.39 is 9.04 Å². The number of nitrogens with zero attached hydrogens (tertiary/aromatic N) is 3. The molecule has 0 aromatic carbocycles. The highest BCUT2D eigenvalue weighted by molar-refractivity contribution is 6.51. The molecule has 4 nitrogen and oxygen atoms in total. The van der Waals surface area contributed by atoms with Gasteiger partial charge in [-0.05, 0) is 18.0 Å². The van der Waals surface area contributed by atoms with E-state index in [4.69, 9.17) is 16.4 Å². The molecule has 0 radical (unpaired) electrons. The lowest BCUT2D eigenvalue weighted by Crippen LogP contribution is -2.22. The lowest BCUT2D eigenvalue weighted by molar-refractivity contribution is 0.299. The first-order chi connectivity index (χ1) is 6.74. The Bertz CT molecular complexity index is 233. The molecule has 0 N–H and O–H groups in total. The summed E-state index contributed by atoms with van der Waals surface area (Å²) < 4.78 is 5.64. The Kier molecular flexibility index (Phi) is 8.05. The number of hydrogen-bond acceptors (Lipinski definition) is 2. The van der Waals surface area contributed by atoms with Crippen LogP contribution in [-0.2, 0) is 4.43 Å². The molecule has 2 atom stereocenters. The minimum Gasteiger partial charge on any atom is -0.420 e. The molecule has 0 heterocycles. The molecule has 0 spiro atoms. The summed E-state index contributed by atoms with van der Waals surface area (Å²) in [6.07, 6.45) is 6.67. The molecular weight excluding hydrogens is 194 g/mol. The molecule has 0 aromatic heterocycles. The van der Waals surface area contributed by atoms with Gasteiger partial charge in [0.2, 0.25) is 0 Å².